The summed E-state index contributed by atoms with van der Waals surface area (Å²) in [5, 5.41) is 8.67. The lowest BCUT2D eigenvalue weighted by molar-refractivity contribution is 0.0683. The number of nitrogens with zero attached hydrogens (tertiary/aromatic N) is 1. The van der Waals surface area contributed by atoms with E-state index in [0.717, 1.165) is 0 Å². The zero-order valence-electron chi connectivity index (χ0n) is 7.58. The summed E-state index contributed by atoms with van der Waals surface area (Å²) in [7, 11) is 0. The third kappa shape index (κ3) is 2.18. The van der Waals surface area contributed by atoms with Crippen LogP contribution in [0.15, 0.2) is 6.07 Å². The zero-order chi connectivity index (χ0) is 11.6. The van der Waals surface area contributed by atoms with Crippen LogP contribution >= 0.6 is 0 Å². The van der Waals surface area contributed by atoms with Crippen molar-refractivity contribution in [2.24, 2.45) is 5.73 Å². The summed E-state index contributed by atoms with van der Waals surface area (Å²) in [6.45, 7) is -0.0795. The Bertz CT molecular complexity index is 396. The second-order valence-corrected chi connectivity index (χ2v) is 2.77. The SMILES string of the molecule is NCc1cc(N)c(C(=O)O)c(C(F)F)n1. The number of carboxylic acid groups (broad SMARTS) is 1. The van der Waals surface area contributed by atoms with E-state index in [9.17, 15) is 13.6 Å². The first-order valence-corrected chi connectivity index (χ1v) is 3.98. The van der Waals surface area contributed by atoms with Gasteiger partial charge in [0.05, 0.1) is 11.4 Å². The molecular weight excluding hydrogens is 208 g/mol. The first kappa shape index (κ1) is 11.3. The number of carbonyl (C=O) groups is 1. The van der Waals surface area contributed by atoms with E-state index < -0.39 is 23.7 Å². The largest absolute Gasteiger partial charge is 0.478 e. The molecule has 0 amide bonds. The normalized spacial score (nSPS) is 10.7. The lowest BCUT2D eigenvalue weighted by Crippen LogP contribution is -2.13. The van der Waals surface area contributed by atoms with Gasteiger partial charge in [0.1, 0.15) is 11.3 Å². The minimum Gasteiger partial charge on any atom is -0.478 e. The summed E-state index contributed by atoms with van der Waals surface area (Å²) in [5.41, 5.74) is 8.90. The standard InChI is InChI=1S/C8H9F2N3O2/c9-7(10)6-5(8(14)15)4(12)1-3(2-11)13-6/h1,7H,2,11H2,(H2,12,13)(H,14,15). The van der Waals surface area contributed by atoms with Crippen LogP contribution in [0, 0.1) is 0 Å². The molecule has 0 saturated carbocycles. The molecule has 0 radical (unpaired) electrons. The maximum absolute atomic E-state index is 12.5. The number of nitrogens with two attached hydrogens (primary N) is 2. The Balaban J connectivity index is 3.42. The molecule has 0 aliphatic carbocycles. The average Bonchev–Trinajstić information content (AvgIpc) is 2.15. The number of alkyl halides is 2. The number of carboxylic acids is 1. The van der Waals surface area contributed by atoms with Crippen molar-refractivity contribution >= 4 is 11.7 Å². The van der Waals surface area contributed by atoms with Gasteiger partial charge in [0.25, 0.3) is 6.43 Å². The molecular formula is C8H9F2N3O2. The molecule has 1 aromatic heterocycles. The predicted molar refractivity (Wildman–Crippen MR) is 48.5 cm³/mol. The highest BCUT2D eigenvalue weighted by molar-refractivity contribution is 5.94. The Morgan fingerprint density at radius 3 is 2.60 bits per heavy atom. The second kappa shape index (κ2) is 4.18. The van der Waals surface area contributed by atoms with Gasteiger partial charge >= 0.3 is 5.97 Å². The Morgan fingerprint density at radius 2 is 2.20 bits per heavy atom. The van der Waals surface area contributed by atoms with Crippen LogP contribution in [0.3, 0.4) is 0 Å². The van der Waals surface area contributed by atoms with Crippen LogP contribution in [0.5, 0.6) is 0 Å². The predicted octanol–water partition coefficient (Wildman–Crippen LogP) is 0.758. The van der Waals surface area contributed by atoms with Crippen LogP contribution in [0.4, 0.5) is 14.5 Å². The van der Waals surface area contributed by atoms with Gasteiger partial charge in [-0.15, -0.1) is 0 Å². The van der Waals surface area contributed by atoms with Gasteiger partial charge in [-0.1, -0.05) is 0 Å². The summed E-state index contributed by atoms with van der Waals surface area (Å²) in [6.07, 6.45) is -3.00. The summed E-state index contributed by atoms with van der Waals surface area (Å²) in [4.78, 5) is 14.1. The molecule has 5 nitrogen and oxygen atoms in total. The number of hydrogen-bond donors (Lipinski definition) is 3. The lowest BCUT2D eigenvalue weighted by atomic mass is 10.1. The first-order chi connectivity index (χ1) is 6.97. The van der Waals surface area contributed by atoms with Crippen molar-refractivity contribution in [3.8, 4) is 0 Å². The lowest BCUT2D eigenvalue weighted by Gasteiger charge is -2.09. The van der Waals surface area contributed by atoms with Gasteiger partial charge in [0.2, 0.25) is 0 Å². The number of anilines is 1. The summed E-state index contributed by atoms with van der Waals surface area (Å²) in [6, 6.07) is 1.18. The fraction of sp³-hybridized carbons (Fsp3) is 0.250. The van der Waals surface area contributed by atoms with Gasteiger partial charge in [0, 0.05) is 6.54 Å². The highest BCUT2D eigenvalue weighted by Crippen LogP contribution is 2.25. The van der Waals surface area contributed by atoms with Crippen LogP contribution in [0.1, 0.15) is 28.2 Å². The maximum atomic E-state index is 12.5. The molecule has 7 heteroatoms. The molecule has 0 aliphatic rings. The average molecular weight is 217 g/mol. The maximum Gasteiger partial charge on any atom is 0.339 e. The highest BCUT2D eigenvalue weighted by atomic mass is 19.3. The monoisotopic (exact) mass is 217 g/mol. The van der Waals surface area contributed by atoms with Crippen LogP contribution in [0.25, 0.3) is 0 Å². The third-order valence-corrected chi connectivity index (χ3v) is 1.76. The molecule has 0 bridgehead atoms. The third-order valence-electron chi connectivity index (χ3n) is 1.76. The van der Waals surface area contributed by atoms with Crippen LogP contribution < -0.4 is 11.5 Å². The van der Waals surface area contributed by atoms with Crippen LogP contribution in [-0.4, -0.2) is 16.1 Å². The van der Waals surface area contributed by atoms with Gasteiger partial charge in [0.15, 0.2) is 0 Å². The minimum absolute atomic E-state index is 0.0795. The van der Waals surface area contributed by atoms with Crippen molar-refractivity contribution < 1.29 is 18.7 Å². The molecule has 1 rings (SSSR count). The van der Waals surface area contributed by atoms with E-state index in [4.69, 9.17) is 16.6 Å². The Labute approximate surface area is 83.7 Å². The van der Waals surface area contributed by atoms with E-state index in [-0.39, 0.29) is 17.9 Å². The number of pyridine rings is 1. The molecule has 0 saturated heterocycles. The fourth-order valence-electron chi connectivity index (χ4n) is 1.14. The van der Waals surface area contributed by atoms with Gasteiger partial charge in [-0.3, -0.25) is 0 Å². The minimum atomic E-state index is -3.00. The molecule has 0 spiro atoms. The molecule has 0 aromatic carbocycles. The molecule has 0 aliphatic heterocycles. The molecule has 0 fully saturated rings. The van der Waals surface area contributed by atoms with Crippen molar-refractivity contribution in [3.63, 3.8) is 0 Å². The fourth-order valence-corrected chi connectivity index (χ4v) is 1.14. The van der Waals surface area contributed by atoms with Crippen molar-refractivity contribution in [2.45, 2.75) is 13.0 Å². The van der Waals surface area contributed by atoms with Crippen molar-refractivity contribution in [1.82, 2.24) is 4.98 Å². The van der Waals surface area contributed by atoms with E-state index in [1.165, 1.54) is 6.07 Å². The topological polar surface area (TPSA) is 102 Å². The van der Waals surface area contributed by atoms with E-state index in [1.54, 1.807) is 0 Å². The molecule has 15 heavy (non-hydrogen) atoms. The van der Waals surface area contributed by atoms with E-state index in [1.807, 2.05) is 0 Å². The summed E-state index contributed by atoms with van der Waals surface area (Å²) in [5.74, 6) is -1.53. The van der Waals surface area contributed by atoms with Gasteiger partial charge in [-0.05, 0) is 6.07 Å². The highest BCUT2D eigenvalue weighted by Gasteiger charge is 2.23. The van der Waals surface area contributed by atoms with E-state index in [2.05, 4.69) is 4.98 Å². The van der Waals surface area contributed by atoms with Crippen LogP contribution in [0.2, 0.25) is 0 Å². The molecule has 5 N–H and O–H groups in total. The second-order valence-electron chi connectivity index (χ2n) is 2.77. The number of halogens is 2. The number of aromatic nitrogens is 1. The first-order valence-electron chi connectivity index (χ1n) is 3.98. The van der Waals surface area contributed by atoms with E-state index in [0.29, 0.717) is 0 Å². The Kier molecular flexibility index (Phi) is 3.15. The molecule has 82 valence electrons. The van der Waals surface area contributed by atoms with Gasteiger partial charge < -0.3 is 16.6 Å². The zero-order valence-corrected chi connectivity index (χ0v) is 7.58. The molecule has 1 aromatic rings. The summed E-state index contributed by atoms with van der Waals surface area (Å²) < 4.78 is 24.9. The number of nitrogen functional groups attached to an aromatic ring is 1. The Hall–Kier alpha value is -1.76. The number of aromatic carboxylic acids is 1. The van der Waals surface area contributed by atoms with Crippen molar-refractivity contribution in [2.75, 3.05) is 5.73 Å². The smallest absolute Gasteiger partial charge is 0.339 e. The summed E-state index contributed by atoms with van der Waals surface area (Å²) >= 11 is 0. The molecule has 0 atom stereocenters. The van der Waals surface area contributed by atoms with Crippen LogP contribution in [-0.2, 0) is 6.54 Å². The van der Waals surface area contributed by atoms with Crippen molar-refractivity contribution in [1.29, 1.82) is 0 Å². The number of hydrogen-bond acceptors (Lipinski definition) is 4. The van der Waals surface area contributed by atoms with E-state index >= 15 is 0 Å². The van der Waals surface area contributed by atoms with Crippen molar-refractivity contribution in [3.05, 3.63) is 23.0 Å². The van der Waals surface area contributed by atoms with Gasteiger partial charge in [-0.2, -0.15) is 0 Å². The quantitative estimate of drug-likeness (QED) is 0.693. The van der Waals surface area contributed by atoms with Gasteiger partial charge in [-0.25, -0.2) is 18.6 Å². The molecule has 0 unspecified atom stereocenters. The Morgan fingerprint density at radius 1 is 1.60 bits per heavy atom. The molecule has 1 heterocycles. The number of rotatable bonds is 3.